The summed E-state index contributed by atoms with van der Waals surface area (Å²) in [6.45, 7) is 7.57. The number of carbonyl (C=O) groups excluding carboxylic acids is 3. The van der Waals surface area contributed by atoms with Crippen LogP contribution >= 0.6 is 0 Å². The number of nitrogens with one attached hydrogen (secondary N) is 3. The van der Waals surface area contributed by atoms with E-state index in [-0.39, 0.29) is 18.4 Å². The zero-order valence-electron chi connectivity index (χ0n) is 19.2. The number of benzene rings is 2. The molecule has 174 valence electrons. The summed E-state index contributed by atoms with van der Waals surface area (Å²) in [5, 5.41) is 19.4. The summed E-state index contributed by atoms with van der Waals surface area (Å²) < 4.78 is 4.99. The molecule has 4 rings (SSSR count). The van der Waals surface area contributed by atoms with Gasteiger partial charge in [-0.15, -0.1) is 0 Å². The summed E-state index contributed by atoms with van der Waals surface area (Å²) in [4.78, 5) is 38.7. The predicted octanol–water partition coefficient (Wildman–Crippen LogP) is 2.63. The van der Waals surface area contributed by atoms with Gasteiger partial charge in [0, 0.05) is 23.0 Å². The molecule has 33 heavy (non-hydrogen) atoms. The number of rotatable bonds is 5. The van der Waals surface area contributed by atoms with Gasteiger partial charge in [-0.1, -0.05) is 12.1 Å². The maximum absolute atomic E-state index is 13.5. The number of ether oxygens (including phenoxy) is 1. The summed E-state index contributed by atoms with van der Waals surface area (Å²) >= 11 is 0. The van der Waals surface area contributed by atoms with Crippen molar-refractivity contribution in [1.29, 1.82) is 0 Å². The highest BCUT2D eigenvalue weighted by molar-refractivity contribution is 6.11. The van der Waals surface area contributed by atoms with Crippen LogP contribution in [0.15, 0.2) is 36.4 Å². The van der Waals surface area contributed by atoms with Gasteiger partial charge in [0.05, 0.1) is 24.2 Å². The van der Waals surface area contributed by atoms with Crippen LogP contribution < -0.4 is 16.0 Å². The van der Waals surface area contributed by atoms with E-state index >= 15 is 0 Å². The number of amides is 2. The number of carbonyl (C=O) groups is 3. The van der Waals surface area contributed by atoms with Crippen molar-refractivity contribution in [1.82, 2.24) is 5.32 Å². The Bertz CT molecular complexity index is 1110. The Morgan fingerprint density at radius 1 is 1.21 bits per heavy atom. The van der Waals surface area contributed by atoms with Crippen LogP contribution in [0.4, 0.5) is 11.4 Å². The Kier molecular flexibility index (Phi) is 5.99. The zero-order valence-corrected chi connectivity index (χ0v) is 19.2. The monoisotopic (exact) mass is 451 g/mol. The van der Waals surface area contributed by atoms with Crippen LogP contribution in [0.1, 0.15) is 47.3 Å². The predicted molar refractivity (Wildman–Crippen MR) is 124 cm³/mol. The van der Waals surface area contributed by atoms with E-state index in [0.717, 1.165) is 22.4 Å². The van der Waals surface area contributed by atoms with E-state index in [0.29, 0.717) is 17.7 Å². The van der Waals surface area contributed by atoms with Crippen molar-refractivity contribution in [2.24, 2.45) is 5.92 Å². The van der Waals surface area contributed by atoms with Gasteiger partial charge < -0.3 is 20.5 Å². The lowest BCUT2D eigenvalue weighted by molar-refractivity contribution is -0.130. The van der Waals surface area contributed by atoms with Gasteiger partial charge >= 0.3 is 5.97 Å². The molecule has 8 heteroatoms. The molecule has 1 saturated heterocycles. The van der Waals surface area contributed by atoms with Gasteiger partial charge in [-0.25, -0.2) is 4.79 Å². The normalized spacial score (nSPS) is 24.3. The molecule has 1 fully saturated rings. The fourth-order valence-electron chi connectivity index (χ4n) is 4.77. The van der Waals surface area contributed by atoms with E-state index in [2.05, 4.69) is 16.0 Å². The number of hydrogen-bond donors (Lipinski definition) is 4. The number of fused-ring (bicyclic) bond motifs is 2. The molecule has 4 N–H and O–H groups in total. The third kappa shape index (κ3) is 3.79. The Labute approximate surface area is 192 Å². The first kappa shape index (κ1) is 22.9. The van der Waals surface area contributed by atoms with Gasteiger partial charge in [-0.05, 0) is 69.5 Å². The molecule has 2 aliphatic heterocycles. The molecular weight excluding hydrogens is 422 g/mol. The number of aryl methyl sites for hydroxylation is 1. The minimum atomic E-state index is -1.27. The highest BCUT2D eigenvalue weighted by atomic mass is 16.5. The molecular formula is C25H29N3O5. The maximum Gasteiger partial charge on any atom is 0.338 e. The van der Waals surface area contributed by atoms with Crippen LogP contribution in [0.2, 0.25) is 0 Å². The number of anilines is 2. The van der Waals surface area contributed by atoms with Crippen molar-refractivity contribution in [2.45, 2.75) is 51.8 Å². The summed E-state index contributed by atoms with van der Waals surface area (Å²) in [7, 11) is 0. The van der Waals surface area contributed by atoms with Crippen LogP contribution in [0.5, 0.6) is 0 Å². The van der Waals surface area contributed by atoms with Crippen molar-refractivity contribution in [2.75, 3.05) is 17.2 Å². The van der Waals surface area contributed by atoms with Crippen LogP contribution in [0.3, 0.4) is 0 Å². The number of aliphatic hydroxyl groups excluding tert-OH is 1. The van der Waals surface area contributed by atoms with E-state index in [9.17, 15) is 19.5 Å². The molecule has 0 unspecified atom stereocenters. The molecule has 0 aliphatic carbocycles. The first-order valence-corrected chi connectivity index (χ1v) is 11.1. The smallest absolute Gasteiger partial charge is 0.338 e. The molecule has 1 spiro atoms. The third-order valence-corrected chi connectivity index (χ3v) is 6.75. The second-order valence-corrected chi connectivity index (χ2v) is 8.76. The molecule has 8 nitrogen and oxygen atoms in total. The largest absolute Gasteiger partial charge is 0.462 e. The van der Waals surface area contributed by atoms with Gasteiger partial charge in [0.1, 0.15) is 5.54 Å². The van der Waals surface area contributed by atoms with E-state index in [1.807, 2.05) is 26.0 Å². The van der Waals surface area contributed by atoms with Gasteiger partial charge in [0.15, 0.2) is 0 Å². The minimum Gasteiger partial charge on any atom is -0.462 e. The average Bonchev–Trinajstić information content (AvgIpc) is 3.32. The molecule has 0 bridgehead atoms. The van der Waals surface area contributed by atoms with E-state index in [4.69, 9.17) is 4.74 Å². The Morgan fingerprint density at radius 3 is 2.55 bits per heavy atom. The van der Waals surface area contributed by atoms with Crippen LogP contribution in [0.25, 0.3) is 0 Å². The standard InChI is InChI=1S/C25H29N3O5/c1-5-33-23(31)16-7-9-17(10-8-16)26-22(30)19-12-20(15(4)29)28-25(19)18-11-6-13(2)14(3)21(18)27-24(25)32/h6-11,15,19-20,28-29H,5,12H2,1-4H3,(H,26,30)(H,27,32)/t15-,19+,20+,25+/m1/s1. The lowest BCUT2D eigenvalue weighted by Crippen LogP contribution is -2.53. The summed E-state index contributed by atoms with van der Waals surface area (Å²) in [6.07, 6.45) is -0.448. The molecule has 4 atom stereocenters. The van der Waals surface area contributed by atoms with Crippen molar-refractivity contribution in [3.8, 4) is 0 Å². The Hall–Kier alpha value is -3.23. The zero-order chi connectivity index (χ0) is 23.9. The minimum absolute atomic E-state index is 0.279. The van der Waals surface area contributed by atoms with E-state index in [1.54, 1.807) is 38.1 Å². The Balaban J connectivity index is 1.66. The second-order valence-electron chi connectivity index (χ2n) is 8.76. The molecule has 2 aromatic rings. The fourth-order valence-corrected chi connectivity index (χ4v) is 4.77. The number of esters is 1. The van der Waals surface area contributed by atoms with Crippen LogP contribution in [-0.2, 0) is 19.9 Å². The van der Waals surface area contributed by atoms with Gasteiger partial charge in [-0.2, -0.15) is 0 Å². The summed E-state index contributed by atoms with van der Waals surface area (Å²) in [5.74, 6) is -1.81. The lowest BCUT2D eigenvalue weighted by Gasteiger charge is -2.29. The SMILES string of the molecule is CCOC(=O)c1ccc(NC(=O)[C@@H]2C[C@@H]([C@@H](C)O)N[C@]23C(=O)Nc2c3ccc(C)c2C)cc1. The van der Waals surface area contributed by atoms with E-state index < -0.39 is 29.6 Å². The van der Waals surface area contributed by atoms with E-state index in [1.165, 1.54) is 0 Å². The quantitative estimate of drug-likeness (QED) is 0.520. The average molecular weight is 452 g/mol. The summed E-state index contributed by atoms with van der Waals surface area (Å²) in [6, 6.07) is 9.81. The molecule has 2 aromatic carbocycles. The molecule has 2 amide bonds. The van der Waals surface area contributed by atoms with Crippen molar-refractivity contribution in [3.05, 3.63) is 58.7 Å². The lowest BCUT2D eigenvalue weighted by atomic mass is 9.78. The maximum atomic E-state index is 13.5. The molecule has 0 saturated carbocycles. The third-order valence-electron chi connectivity index (χ3n) is 6.75. The number of aliphatic hydroxyl groups is 1. The van der Waals surface area contributed by atoms with Gasteiger partial charge in [0.2, 0.25) is 11.8 Å². The van der Waals surface area contributed by atoms with Gasteiger partial charge in [-0.3, -0.25) is 14.9 Å². The van der Waals surface area contributed by atoms with Crippen molar-refractivity contribution < 1.29 is 24.2 Å². The van der Waals surface area contributed by atoms with Crippen LogP contribution in [-0.4, -0.2) is 41.6 Å². The van der Waals surface area contributed by atoms with Crippen molar-refractivity contribution >= 4 is 29.2 Å². The molecule has 0 aromatic heterocycles. The highest BCUT2D eigenvalue weighted by Crippen LogP contribution is 2.49. The molecule has 2 heterocycles. The van der Waals surface area contributed by atoms with Gasteiger partial charge in [0.25, 0.3) is 0 Å². The summed E-state index contributed by atoms with van der Waals surface area (Å²) in [5.41, 5.74) is 3.05. The van der Waals surface area contributed by atoms with Crippen molar-refractivity contribution in [3.63, 3.8) is 0 Å². The highest BCUT2D eigenvalue weighted by Gasteiger charge is 2.61. The second kappa shape index (κ2) is 8.61. The fraction of sp³-hybridized carbons (Fsp3) is 0.400. The molecule has 2 aliphatic rings. The first-order chi connectivity index (χ1) is 15.7. The van der Waals surface area contributed by atoms with Crippen LogP contribution in [0, 0.1) is 19.8 Å². The number of hydrogen-bond acceptors (Lipinski definition) is 6. The molecule has 0 radical (unpaired) electrons. The topological polar surface area (TPSA) is 117 Å². The first-order valence-electron chi connectivity index (χ1n) is 11.1. The Morgan fingerprint density at radius 2 is 1.91 bits per heavy atom.